The SMILES string of the molecule is Cc1cc2c(N)nccc2c(C)c1CNS(=O)(=O)c1cnn(Cc2cn3cc(C4CC4)ccc3n2)c1. The third-order valence-corrected chi connectivity index (χ3v) is 8.33. The number of aromatic nitrogens is 5. The van der Waals surface area contributed by atoms with E-state index in [0.717, 1.165) is 38.8 Å². The summed E-state index contributed by atoms with van der Waals surface area (Å²) in [5.41, 5.74) is 11.9. The van der Waals surface area contributed by atoms with Gasteiger partial charge in [0.2, 0.25) is 10.0 Å². The highest BCUT2D eigenvalue weighted by Gasteiger charge is 2.24. The minimum atomic E-state index is -3.75. The van der Waals surface area contributed by atoms with Gasteiger partial charge in [0.25, 0.3) is 0 Å². The number of hydrogen-bond donors (Lipinski definition) is 2. The molecule has 1 fully saturated rings. The highest BCUT2D eigenvalue weighted by molar-refractivity contribution is 7.89. The number of rotatable bonds is 7. The maximum absolute atomic E-state index is 13.0. The van der Waals surface area contributed by atoms with Gasteiger partial charge >= 0.3 is 0 Å². The summed E-state index contributed by atoms with van der Waals surface area (Å²) >= 11 is 0. The molecule has 4 heterocycles. The number of nitrogens with one attached hydrogen (secondary N) is 1. The molecule has 0 aliphatic heterocycles. The Bertz CT molecular complexity index is 1730. The minimum Gasteiger partial charge on any atom is -0.383 e. The fourth-order valence-corrected chi connectivity index (χ4v) is 5.73. The van der Waals surface area contributed by atoms with E-state index in [1.165, 1.54) is 30.8 Å². The van der Waals surface area contributed by atoms with E-state index in [1.807, 2.05) is 42.6 Å². The number of fused-ring (bicyclic) bond motifs is 2. The molecule has 0 unspecified atom stereocenters. The van der Waals surface area contributed by atoms with Crippen LogP contribution in [0.25, 0.3) is 16.4 Å². The van der Waals surface area contributed by atoms with Gasteiger partial charge in [0.05, 0.1) is 18.4 Å². The smallest absolute Gasteiger partial charge is 0.243 e. The van der Waals surface area contributed by atoms with Gasteiger partial charge in [-0.05, 0) is 78.4 Å². The van der Waals surface area contributed by atoms with Crippen molar-refractivity contribution in [2.24, 2.45) is 0 Å². The Hall–Kier alpha value is -3.76. The van der Waals surface area contributed by atoms with E-state index in [-0.39, 0.29) is 11.4 Å². The Morgan fingerprint density at radius 2 is 1.94 bits per heavy atom. The molecule has 0 spiro atoms. The minimum absolute atomic E-state index is 0.117. The highest BCUT2D eigenvalue weighted by Crippen LogP contribution is 2.39. The third-order valence-electron chi connectivity index (χ3n) is 6.97. The molecule has 0 atom stereocenters. The molecule has 1 aromatic carbocycles. The number of hydrogen-bond acceptors (Lipinski definition) is 6. The molecular formula is C26H27N7O2S. The van der Waals surface area contributed by atoms with Crippen molar-refractivity contribution in [2.75, 3.05) is 5.73 Å². The quantitative estimate of drug-likeness (QED) is 0.351. The molecule has 184 valence electrons. The monoisotopic (exact) mass is 501 g/mol. The summed E-state index contributed by atoms with van der Waals surface area (Å²) in [4.78, 5) is 8.92. The fraction of sp³-hybridized carbons (Fsp3) is 0.269. The molecular weight excluding hydrogens is 474 g/mol. The van der Waals surface area contributed by atoms with E-state index in [9.17, 15) is 8.42 Å². The lowest BCUT2D eigenvalue weighted by molar-refractivity contribution is 0.580. The molecule has 0 radical (unpaired) electrons. The van der Waals surface area contributed by atoms with Gasteiger partial charge in [-0.15, -0.1) is 0 Å². The molecule has 4 aromatic heterocycles. The Morgan fingerprint density at radius 3 is 2.75 bits per heavy atom. The number of aryl methyl sites for hydroxylation is 2. The van der Waals surface area contributed by atoms with Crippen molar-refractivity contribution in [1.29, 1.82) is 0 Å². The van der Waals surface area contributed by atoms with Crippen molar-refractivity contribution in [3.05, 3.63) is 83.2 Å². The van der Waals surface area contributed by atoms with Crippen LogP contribution < -0.4 is 10.5 Å². The maximum atomic E-state index is 13.0. The first-order valence-corrected chi connectivity index (χ1v) is 13.4. The molecule has 5 aromatic rings. The van der Waals surface area contributed by atoms with Crippen molar-refractivity contribution < 1.29 is 8.42 Å². The van der Waals surface area contributed by atoms with E-state index in [0.29, 0.717) is 18.3 Å². The Balaban J connectivity index is 1.19. The first kappa shape index (κ1) is 22.7. The summed E-state index contributed by atoms with van der Waals surface area (Å²) in [6.45, 7) is 4.47. The molecule has 1 aliphatic carbocycles. The van der Waals surface area contributed by atoms with Crippen LogP contribution in [0, 0.1) is 13.8 Å². The summed E-state index contributed by atoms with van der Waals surface area (Å²) in [6, 6.07) is 8.02. The van der Waals surface area contributed by atoms with Crippen LogP contribution in [0.4, 0.5) is 5.82 Å². The summed E-state index contributed by atoms with van der Waals surface area (Å²) < 4.78 is 32.4. The molecule has 0 bridgehead atoms. The Morgan fingerprint density at radius 1 is 1.11 bits per heavy atom. The molecule has 3 N–H and O–H groups in total. The summed E-state index contributed by atoms with van der Waals surface area (Å²) in [5.74, 6) is 1.14. The first-order chi connectivity index (χ1) is 17.3. The van der Waals surface area contributed by atoms with Crippen molar-refractivity contribution >= 4 is 32.3 Å². The number of sulfonamides is 1. The zero-order chi connectivity index (χ0) is 25.0. The van der Waals surface area contributed by atoms with E-state index in [2.05, 4.69) is 32.1 Å². The average Bonchev–Trinajstić information content (AvgIpc) is 3.45. The van der Waals surface area contributed by atoms with Gasteiger partial charge in [0.1, 0.15) is 16.4 Å². The second kappa shape index (κ2) is 8.42. The number of anilines is 1. The van der Waals surface area contributed by atoms with Crippen LogP contribution in [0.1, 0.15) is 46.7 Å². The first-order valence-electron chi connectivity index (χ1n) is 11.9. The summed E-state index contributed by atoms with van der Waals surface area (Å²) in [5, 5.41) is 6.11. The van der Waals surface area contributed by atoms with E-state index in [4.69, 9.17) is 5.73 Å². The standard InChI is InChI=1S/C26H27N7O2S/c1-16-9-23-22(7-8-28-26(23)27)17(2)24(16)11-30-36(34,35)21-10-29-33(15-21)14-20-13-32-12-19(18-3-4-18)5-6-25(32)31-20/h5-10,12-13,15,18,30H,3-4,11,14H2,1-2H3,(H2,27,28). The molecule has 10 heteroatoms. The number of nitrogen functional groups attached to an aromatic ring is 1. The van der Waals surface area contributed by atoms with Gasteiger partial charge in [-0.25, -0.2) is 23.1 Å². The zero-order valence-corrected chi connectivity index (χ0v) is 21.0. The van der Waals surface area contributed by atoms with Crippen LogP contribution in [-0.4, -0.2) is 32.6 Å². The molecule has 1 saturated carbocycles. The Kier molecular flexibility index (Phi) is 5.31. The molecule has 0 saturated heterocycles. The predicted octanol–water partition coefficient (Wildman–Crippen LogP) is 3.68. The predicted molar refractivity (Wildman–Crippen MR) is 138 cm³/mol. The zero-order valence-electron chi connectivity index (χ0n) is 20.1. The number of pyridine rings is 2. The molecule has 9 nitrogen and oxygen atoms in total. The van der Waals surface area contributed by atoms with Crippen LogP contribution >= 0.6 is 0 Å². The van der Waals surface area contributed by atoms with E-state index >= 15 is 0 Å². The lowest BCUT2D eigenvalue weighted by Gasteiger charge is -2.14. The second-order valence-electron chi connectivity index (χ2n) is 9.52. The van der Waals surface area contributed by atoms with Crippen LogP contribution in [0.5, 0.6) is 0 Å². The number of nitrogens with zero attached hydrogens (tertiary/aromatic N) is 5. The Labute approximate surface area is 209 Å². The molecule has 1 aliphatic rings. The van der Waals surface area contributed by atoms with Gasteiger partial charge < -0.3 is 10.1 Å². The lowest BCUT2D eigenvalue weighted by Crippen LogP contribution is -2.24. The topological polar surface area (TPSA) is 120 Å². The van der Waals surface area contributed by atoms with E-state index < -0.39 is 10.0 Å². The highest BCUT2D eigenvalue weighted by atomic mass is 32.2. The molecule has 6 rings (SSSR count). The van der Waals surface area contributed by atoms with Crippen LogP contribution in [-0.2, 0) is 23.1 Å². The molecule has 36 heavy (non-hydrogen) atoms. The largest absolute Gasteiger partial charge is 0.383 e. The van der Waals surface area contributed by atoms with Crippen molar-refractivity contribution in [3.63, 3.8) is 0 Å². The summed E-state index contributed by atoms with van der Waals surface area (Å²) in [7, 11) is -3.75. The van der Waals surface area contributed by atoms with Crippen LogP contribution in [0.2, 0.25) is 0 Å². The maximum Gasteiger partial charge on any atom is 0.243 e. The van der Waals surface area contributed by atoms with Crippen molar-refractivity contribution in [3.8, 4) is 0 Å². The van der Waals surface area contributed by atoms with E-state index in [1.54, 1.807) is 10.9 Å². The van der Waals surface area contributed by atoms with Crippen molar-refractivity contribution in [1.82, 2.24) is 28.9 Å². The van der Waals surface area contributed by atoms with Gasteiger partial charge in [-0.2, -0.15) is 5.10 Å². The third kappa shape index (κ3) is 4.12. The van der Waals surface area contributed by atoms with Crippen molar-refractivity contribution in [2.45, 2.75) is 50.6 Å². The van der Waals surface area contributed by atoms with Gasteiger partial charge in [0.15, 0.2) is 0 Å². The number of imidazole rings is 1. The lowest BCUT2D eigenvalue weighted by atomic mass is 9.96. The number of nitrogens with two attached hydrogens (primary N) is 1. The summed E-state index contributed by atoms with van der Waals surface area (Å²) in [6.07, 6.45) is 11.2. The molecule has 0 amide bonds. The van der Waals surface area contributed by atoms with Crippen LogP contribution in [0.15, 0.2) is 60.1 Å². The normalized spacial score (nSPS) is 14.2. The van der Waals surface area contributed by atoms with Gasteiger partial charge in [-0.1, -0.05) is 6.07 Å². The fourth-order valence-electron chi connectivity index (χ4n) is 4.78. The second-order valence-corrected chi connectivity index (χ2v) is 11.3. The van der Waals surface area contributed by atoms with Gasteiger partial charge in [-0.3, -0.25) is 4.68 Å². The average molecular weight is 502 g/mol. The van der Waals surface area contributed by atoms with Crippen LogP contribution in [0.3, 0.4) is 0 Å². The van der Waals surface area contributed by atoms with Gasteiger partial charge in [0, 0.05) is 36.7 Å². The number of benzene rings is 1.